The first kappa shape index (κ1) is 13.2. The van der Waals surface area contributed by atoms with Crippen molar-refractivity contribution in [1.29, 1.82) is 0 Å². The highest BCUT2D eigenvalue weighted by Gasteiger charge is 2.47. The largest absolute Gasteiger partial charge is 0.406 e. The van der Waals surface area contributed by atoms with Gasteiger partial charge in [0.1, 0.15) is 0 Å². The summed E-state index contributed by atoms with van der Waals surface area (Å²) in [4.78, 5) is 21.7. The number of hydrogen-bond donors (Lipinski definition) is 0. The number of ether oxygens (including phenoxy) is 1. The Bertz CT molecular complexity index is 412. The van der Waals surface area contributed by atoms with Crippen molar-refractivity contribution >= 4 is 11.9 Å². The second-order valence-electron chi connectivity index (χ2n) is 3.30. The van der Waals surface area contributed by atoms with Crippen LogP contribution in [0.25, 0.3) is 0 Å². The lowest BCUT2D eigenvalue weighted by Gasteiger charge is -2.18. The highest BCUT2D eigenvalue weighted by molar-refractivity contribution is 5.89. The molecular weight excluding hydrogens is 237 g/mol. The molecule has 17 heavy (non-hydrogen) atoms. The molecule has 1 unspecified atom stereocenters. The maximum Gasteiger partial charge on any atom is 0.406 e. The summed E-state index contributed by atoms with van der Waals surface area (Å²) < 4.78 is 42.1. The van der Waals surface area contributed by atoms with E-state index in [0.29, 0.717) is 0 Å². The summed E-state index contributed by atoms with van der Waals surface area (Å²) in [6, 6.07) is 6.57. The lowest BCUT2D eigenvalue weighted by Crippen LogP contribution is -2.31. The number of carbonyl (C=O) groups excluding carboxylic acids is 2. The van der Waals surface area contributed by atoms with Crippen molar-refractivity contribution in [1.82, 2.24) is 0 Å². The van der Waals surface area contributed by atoms with Gasteiger partial charge in [0.25, 0.3) is 0 Å². The summed E-state index contributed by atoms with van der Waals surface area (Å²) in [7, 11) is 0. The molecule has 0 saturated carbocycles. The lowest BCUT2D eigenvalue weighted by atomic mass is 9.99. The van der Waals surface area contributed by atoms with Crippen molar-refractivity contribution in [3.8, 4) is 0 Å². The van der Waals surface area contributed by atoms with E-state index < -0.39 is 24.0 Å². The van der Waals surface area contributed by atoms with Crippen LogP contribution in [0, 0.1) is 0 Å². The van der Waals surface area contributed by atoms with Gasteiger partial charge in [-0.1, -0.05) is 30.3 Å². The Morgan fingerprint density at radius 2 is 1.71 bits per heavy atom. The van der Waals surface area contributed by atoms with Crippen molar-refractivity contribution in [2.75, 3.05) is 0 Å². The quantitative estimate of drug-likeness (QED) is 0.594. The van der Waals surface area contributed by atoms with Gasteiger partial charge in [-0.2, -0.15) is 13.2 Å². The van der Waals surface area contributed by atoms with Gasteiger partial charge in [-0.3, -0.25) is 9.59 Å². The fourth-order valence-electron chi connectivity index (χ4n) is 1.30. The highest BCUT2D eigenvalue weighted by atomic mass is 19.4. The summed E-state index contributed by atoms with van der Waals surface area (Å²) in [6.45, 7) is 0.871. The molecule has 0 radical (unpaired) electrons. The standard InChI is InChI=1S/C11H9F3O3/c1-7(15)17-10(16)9(11(12,13)14)8-5-3-2-4-6-8/h2-6,9H,1H3. The van der Waals surface area contributed by atoms with Crippen LogP contribution in [0.4, 0.5) is 13.2 Å². The average molecular weight is 246 g/mol. The van der Waals surface area contributed by atoms with Gasteiger partial charge in [-0.25, -0.2) is 0 Å². The predicted molar refractivity (Wildman–Crippen MR) is 52.0 cm³/mol. The van der Waals surface area contributed by atoms with Crippen LogP contribution >= 0.6 is 0 Å². The third kappa shape index (κ3) is 3.58. The maximum atomic E-state index is 12.7. The van der Waals surface area contributed by atoms with Crippen LogP contribution in [0.15, 0.2) is 30.3 Å². The monoisotopic (exact) mass is 246 g/mol. The third-order valence-corrected chi connectivity index (χ3v) is 1.94. The molecule has 0 spiro atoms. The fourth-order valence-corrected chi connectivity index (χ4v) is 1.30. The summed E-state index contributed by atoms with van der Waals surface area (Å²) in [6.07, 6.45) is -4.80. The first-order chi connectivity index (χ1) is 7.82. The van der Waals surface area contributed by atoms with Gasteiger partial charge < -0.3 is 4.74 Å². The van der Waals surface area contributed by atoms with Crippen LogP contribution in [0.3, 0.4) is 0 Å². The van der Waals surface area contributed by atoms with Crippen molar-refractivity contribution in [2.24, 2.45) is 0 Å². The van der Waals surface area contributed by atoms with Gasteiger partial charge in [0.15, 0.2) is 5.92 Å². The molecule has 1 aromatic rings. The van der Waals surface area contributed by atoms with E-state index in [9.17, 15) is 22.8 Å². The van der Waals surface area contributed by atoms with Gasteiger partial charge in [0.2, 0.25) is 0 Å². The Morgan fingerprint density at radius 3 is 2.12 bits per heavy atom. The first-order valence-electron chi connectivity index (χ1n) is 4.66. The van der Waals surface area contributed by atoms with Gasteiger partial charge >= 0.3 is 18.1 Å². The SMILES string of the molecule is CC(=O)OC(=O)C(c1ccccc1)C(F)(F)F. The molecule has 1 aromatic carbocycles. The molecule has 0 fully saturated rings. The van der Waals surface area contributed by atoms with Gasteiger partial charge in [-0.15, -0.1) is 0 Å². The molecule has 0 aliphatic heterocycles. The van der Waals surface area contributed by atoms with Crippen molar-refractivity contribution < 1.29 is 27.5 Å². The van der Waals surface area contributed by atoms with Crippen molar-refractivity contribution in [3.05, 3.63) is 35.9 Å². The number of halogens is 3. The molecule has 0 N–H and O–H groups in total. The summed E-state index contributed by atoms with van der Waals surface area (Å²) in [5.41, 5.74) is -0.258. The molecule has 0 saturated heterocycles. The van der Waals surface area contributed by atoms with Gasteiger partial charge in [0, 0.05) is 6.92 Å². The van der Waals surface area contributed by atoms with E-state index in [1.54, 1.807) is 0 Å². The van der Waals surface area contributed by atoms with E-state index in [4.69, 9.17) is 0 Å². The maximum absolute atomic E-state index is 12.7. The number of hydrogen-bond acceptors (Lipinski definition) is 3. The molecule has 0 bridgehead atoms. The van der Waals surface area contributed by atoms with Gasteiger partial charge in [-0.05, 0) is 5.56 Å². The second kappa shape index (κ2) is 4.99. The predicted octanol–water partition coefficient (Wildman–Crippen LogP) is 2.42. The molecule has 1 atom stereocenters. The zero-order chi connectivity index (χ0) is 13.1. The Morgan fingerprint density at radius 1 is 1.18 bits per heavy atom. The van der Waals surface area contributed by atoms with Crippen molar-refractivity contribution in [2.45, 2.75) is 19.0 Å². The van der Waals surface area contributed by atoms with Crippen LogP contribution in [0.2, 0.25) is 0 Å². The normalized spacial score (nSPS) is 12.9. The molecule has 1 rings (SSSR count). The Balaban J connectivity index is 3.06. The smallest absolute Gasteiger partial charge is 0.393 e. The van der Waals surface area contributed by atoms with Crippen LogP contribution < -0.4 is 0 Å². The summed E-state index contributed by atoms with van der Waals surface area (Å²) >= 11 is 0. The van der Waals surface area contributed by atoms with Crippen molar-refractivity contribution in [3.63, 3.8) is 0 Å². The molecule has 0 aromatic heterocycles. The molecule has 0 amide bonds. The third-order valence-electron chi connectivity index (χ3n) is 1.94. The van der Waals surface area contributed by atoms with Gasteiger partial charge in [0.05, 0.1) is 0 Å². The van der Waals surface area contributed by atoms with E-state index >= 15 is 0 Å². The Hall–Kier alpha value is -1.85. The molecule has 0 heterocycles. The minimum atomic E-state index is -4.80. The fraction of sp³-hybridized carbons (Fsp3) is 0.273. The number of esters is 2. The number of benzene rings is 1. The molecule has 0 aliphatic carbocycles. The van der Waals surface area contributed by atoms with Crippen LogP contribution in [-0.4, -0.2) is 18.1 Å². The zero-order valence-corrected chi connectivity index (χ0v) is 8.82. The first-order valence-corrected chi connectivity index (χ1v) is 4.66. The van der Waals surface area contributed by atoms with E-state index in [1.165, 1.54) is 18.2 Å². The van der Waals surface area contributed by atoms with E-state index in [0.717, 1.165) is 19.1 Å². The number of carbonyl (C=O) groups is 2. The topological polar surface area (TPSA) is 43.4 Å². The minimum absolute atomic E-state index is 0.258. The van der Waals surface area contributed by atoms with E-state index in [1.807, 2.05) is 0 Å². The summed E-state index contributed by atoms with van der Waals surface area (Å²) in [5, 5.41) is 0. The molecule has 0 aliphatic rings. The zero-order valence-electron chi connectivity index (χ0n) is 8.82. The molecular formula is C11H9F3O3. The highest BCUT2D eigenvalue weighted by Crippen LogP contribution is 2.35. The summed E-state index contributed by atoms with van der Waals surface area (Å²) in [5.74, 6) is -5.12. The number of rotatable bonds is 2. The molecule has 3 nitrogen and oxygen atoms in total. The average Bonchev–Trinajstić information content (AvgIpc) is 2.15. The van der Waals surface area contributed by atoms with Crippen LogP contribution in [0.5, 0.6) is 0 Å². The minimum Gasteiger partial charge on any atom is -0.393 e. The van der Waals surface area contributed by atoms with E-state index in [-0.39, 0.29) is 5.56 Å². The van der Waals surface area contributed by atoms with Crippen LogP contribution in [0.1, 0.15) is 18.4 Å². The van der Waals surface area contributed by atoms with E-state index in [2.05, 4.69) is 4.74 Å². The number of alkyl halides is 3. The molecule has 6 heteroatoms. The Kier molecular flexibility index (Phi) is 3.88. The van der Waals surface area contributed by atoms with Crippen LogP contribution in [-0.2, 0) is 14.3 Å². The lowest BCUT2D eigenvalue weighted by molar-refractivity contribution is -0.183. The second-order valence-corrected chi connectivity index (χ2v) is 3.30. The molecule has 92 valence electrons. The Labute approximate surface area is 95.2 Å².